The minimum atomic E-state index is 0.726. The minimum absolute atomic E-state index is 0.726. The molecular formula is C10H17N3. The summed E-state index contributed by atoms with van der Waals surface area (Å²) in [4.78, 5) is 2.15. The van der Waals surface area contributed by atoms with Crippen LogP contribution in [-0.4, -0.2) is 19.0 Å². The molecule has 13 heavy (non-hydrogen) atoms. The Bertz CT molecular complexity index is 258. The lowest BCUT2D eigenvalue weighted by atomic mass is 10.1. The SMILES string of the molecule is CN(C)Cc1ccccc1CNN. The van der Waals surface area contributed by atoms with E-state index in [2.05, 4.69) is 42.6 Å². The Balaban J connectivity index is 2.78. The smallest absolute Gasteiger partial charge is 0.0351 e. The zero-order valence-electron chi connectivity index (χ0n) is 8.25. The molecule has 0 aliphatic rings. The maximum absolute atomic E-state index is 5.30. The van der Waals surface area contributed by atoms with E-state index in [1.807, 2.05) is 6.07 Å². The molecule has 1 aromatic carbocycles. The molecule has 0 aromatic heterocycles. The van der Waals surface area contributed by atoms with Gasteiger partial charge in [-0.05, 0) is 25.2 Å². The molecule has 1 aromatic rings. The zero-order valence-corrected chi connectivity index (χ0v) is 8.25. The van der Waals surface area contributed by atoms with Crippen molar-refractivity contribution in [2.24, 2.45) is 5.84 Å². The summed E-state index contributed by atoms with van der Waals surface area (Å²) in [5, 5.41) is 0. The van der Waals surface area contributed by atoms with Gasteiger partial charge in [0.1, 0.15) is 0 Å². The predicted octanol–water partition coefficient (Wildman–Crippen LogP) is 0.712. The largest absolute Gasteiger partial charge is 0.305 e. The Morgan fingerprint density at radius 2 is 1.85 bits per heavy atom. The molecule has 0 fully saturated rings. The van der Waals surface area contributed by atoms with Gasteiger partial charge in [0.15, 0.2) is 0 Å². The minimum Gasteiger partial charge on any atom is -0.305 e. The summed E-state index contributed by atoms with van der Waals surface area (Å²) < 4.78 is 0. The van der Waals surface area contributed by atoms with Crippen molar-refractivity contribution in [1.29, 1.82) is 0 Å². The number of nitrogens with two attached hydrogens (primary N) is 1. The summed E-state index contributed by atoms with van der Waals surface area (Å²) in [6.45, 7) is 1.68. The third-order valence-electron chi connectivity index (χ3n) is 1.90. The highest BCUT2D eigenvalue weighted by Gasteiger charge is 2.00. The molecule has 0 heterocycles. The van der Waals surface area contributed by atoms with Gasteiger partial charge in [0.05, 0.1) is 0 Å². The van der Waals surface area contributed by atoms with Crippen LogP contribution in [0.25, 0.3) is 0 Å². The van der Waals surface area contributed by atoms with Gasteiger partial charge in [0, 0.05) is 13.1 Å². The van der Waals surface area contributed by atoms with Crippen molar-refractivity contribution < 1.29 is 0 Å². The van der Waals surface area contributed by atoms with Crippen LogP contribution in [0.1, 0.15) is 11.1 Å². The Kier molecular flexibility index (Phi) is 3.89. The van der Waals surface area contributed by atoms with Crippen molar-refractivity contribution in [1.82, 2.24) is 10.3 Å². The number of rotatable bonds is 4. The van der Waals surface area contributed by atoms with Gasteiger partial charge in [0.2, 0.25) is 0 Å². The average molecular weight is 179 g/mol. The molecule has 0 saturated heterocycles. The van der Waals surface area contributed by atoms with Gasteiger partial charge >= 0.3 is 0 Å². The van der Waals surface area contributed by atoms with E-state index < -0.39 is 0 Å². The van der Waals surface area contributed by atoms with Gasteiger partial charge in [0.25, 0.3) is 0 Å². The second-order valence-electron chi connectivity index (χ2n) is 3.39. The second kappa shape index (κ2) is 4.97. The Morgan fingerprint density at radius 1 is 1.23 bits per heavy atom. The lowest BCUT2D eigenvalue weighted by Crippen LogP contribution is -2.22. The number of nitrogens with zero attached hydrogens (tertiary/aromatic N) is 1. The lowest BCUT2D eigenvalue weighted by Gasteiger charge is -2.13. The first-order chi connectivity index (χ1) is 6.24. The monoisotopic (exact) mass is 179 g/mol. The van der Waals surface area contributed by atoms with Gasteiger partial charge in [-0.2, -0.15) is 0 Å². The second-order valence-corrected chi connectivity index (χ2v) is 3.39. The van der Waals surface area contributed by atoms with Crippen LogP contribution in [0, 0.1) is 0 Å². The van der Waals surface area contributed by atoms with Gasteiger partial charge < -0.3 is 4.90 Å². The van der Waals surface area contributed by atoms with Gasteiger partial charge in [-0.3, -0.25) is 11.3 Å². The van der Waals surface area contributed by atoms with E-state index in [1.165, 1.54) is 11.1 Å². The Labute approximate surface area is 79.5 Å². The molecule has 0 aliphatic heterocycles. The van der Waals surface area contributed by atoms with E-state index in [4.69, 9.17) is 5.84 Å². The highest BCUT2D eigenvalue weighted by Crippen LogP contribution is 2.09. The van der Waals surface area contributed by atoms with E-state index in [9.17, 15) is 0 Å². The Morgan fingerprint density at radius 3 is 2.38 bits per heavy atom. The molecular weight excluding hydrogens is 162 g/mol. The molecule has 72 valence electrons. The fourth-order valence-corrected chi connectivity index (χ4v) is 1.33. The molecule has 3 heteroatoms. The molecule has 3 N–H and O–H groups in total. The molecule has 3 nitrogen and oxygen atoms in total. The van der Waals surface area contributed by atoms with Gasteiger partial charge in [-0.15, -0.1) is 0 Å². The molecule has 1 rings (SSSR count). The number of nitrogens with one attached hydrogen (secondary N) is 1. The molecule has 0 amide bonds. The van der Waals surface area contributed by atoms with E-state index in [1.54, 1.807) is 0 Å². The van der Waals surface area contributed by atoms with Crippen LogP contribution >= 0.6 is 0 Å². The summed E-state index contributed by atoms with van der Waals surface area (Å²) in [6.07, 6.45) is 0. The van der Waals surface area contributed by atoms with Crippen LogP contribution < -0.4 is 11.3 Å². The third-order valence-corrected chi connectivity index (χ3v) is 1.90. The summed E-state index contributed by atoms with van der Waals surface area (Å²) in [5.41, 5.74) is 5.27. The number of hydrogen-bond acceptors (Lipinski definition) is 3. The normalized spacial score (nSPS) is 10.8. The zero-order chi connectivity index (χ0) is 9.68. The quantitative estimate of drug-likeness (QED) is 0.528. The molecule has 0 saturated carbocycles. The third kappa shape index (κ3) is 3.14. The van der Waals surface area contributed by atoms with Crippen molar-refractivity contribution in [2.75, 3.05) is 14.1 Å². The molecule has 0 atom stereocenters. The van der Waals surface area contributed by atoms with Crippen LogP contribution in [0.5, 0.6) is 0 Å². The summed E-state index contributed by atoms with van der Waals surface area (Å²) in [6, 6.07) is 8.32. The lowest BCUT2D eigenvalue weighted by molar-refractivity contribution is 0.400. The molecule has 0 radical (unpaired) electrons. The average Bonchev–Trinajstić information content (AvgIpc) is 2.08. The molecule has 0 spiro atoms. The van der Waals surface area contributed by atoms with Crippen molar-refractivity contribution in [3.05, 3.63) is 35.4 Å². The van der Waals surface area contributed by atoms with E-state index in [0.29, 0.717) is 0 Å². The van der Waals surface area contributed by atoms with E-state index >= 15 is 0 Å². The Hall–Kier alpha value is -0.900. The number of hydrogen-bond donors (Lipinski definition) is 2. The fraction of sp³-hybridized carbons (Fsp3) is 0.400. The highest BCUT2D eigenvalue weighted by molar-refractivity contribution is 5.26. The summed E-state index contributed by atoms with van der Waals surface area (Å²) in [5.74, 6) is 5.30. The first-order valence-electron chi connectivity index (χ1n) is 4.39. The maximum atomic E-state index is 5.30. The van der Waals surface area contributed by atoms with Crippen LogP contribution in [0.15, 0.2) is 24.3 Å². The van der Waals surface area contributed by atoms with Crippen LogP contribution in [-0.2, 0) is 13.1 Å². The molecule has 0 aliphatic carbocycles. The first kappa shape index (κ1) is 10.2. The van der Waals surface area contributed by atoms with Gasteiger partial charge in [-0.25, -0.2) is 0 Å². The van der Waals surface area contributed by atoms with E-state index in [0.717, 1.165) is 13.1 Å². The van der Waals surface area contributed by atoms with Crippen molar-refractivity contribution in [2.45, 2.75) is 13.1 Å². The summed E-state index contributed by atoms with van der Waals surface area (Å²) in [7, 11) is 4.12. The van der Waals surface area contributed by atoms with Crippen LogP contribution in [0.3, 0.4) is 0 Å². The molecule has 0 unspecified atom stereocenters. The van der Waals surface area contributed by atoms with Crippen LogP contribution in [0.2, 0.25) is 0 Å². The predicted molar refractivity (Wildman–Crippen MR) is 54.9 cm³/mol. The van der Waals surface area contributed by atoms with Crippen molar-refractivity contribution >= 4 is 0 Å². The van der Waals surface area contributed by atoms with E-state index in [-0.39, 0.29) is 0 Å². The van der Waals surface area contributed by atoms with Crippen LogP contribution in [0.4, 0.5) is 0 Å². The fourth-order valence-electron chi connectivity index (χ4n) is 1.33. The number of hydrazine groups is 1. The summed E-state index contributed by atoms with van der Waals surface area (Å²) >= 11 is 0. The maximum Gasteiger partial charge on any atom is 0.0351 e. The standard InChI is InChI=1S/C10H17N3/c1-13(2)8-10-6-4-3-5-9(10)7-12-11/h3-6,12H,7-8,11H2,1-2H3. The van der Waals surface area contributed by atoms with Crippen molar-refractivity contribution in [3.63, 3.8) is 0 Å². The molecule has 0 bridgehead atoms. The first-order valence-corrected chi connectivity index (χ1v) is 4.39. The van der Waals surface area contributed by atoms with Gasteiger partial charge in [-0.1, -0.05) is 24.3 Å². The van der Waals surface area contributed by atoms with Crippen molar-refractivity contribution in [3.8, 4) is 0 Å². The number of benzene rings is 1. The topological polar surface area (TPSA) is 41.3 Å². The highest BCUT2D eigenvalue weighted by atomic mass is 15.2.